The minimum atomic E-state index is 0.282. The molecule has 1 aliphatic rings. The fraction of sp³-hybridized carbons (Fsp3) is 1.00. The van der Waals surface area contributed by atoms with Gasteiger partial charge in [0.05, 0.1) is 19.9 Å². The number of rotatable bonds is 2. The lowest BCUT2D eigenvalue weighted by Gasteiger charge is -2.24. The van der Waals surface area contributed by atoms with E-state index in [9.17, 15) is 0 Å². The van der Waals surface area contributed by atoms with Gasteiger partial charge in [0.25, 0.3) is 0 Å². The third-order valence-corrected chi connectivity index (χ3v) is 0.939. The highest BCUT2D eigenvalue weighted by Crippen LogP contribution is 2.02. The smallest absolute Gasteiger partial charge is 0.106 e. The van der Waals surface area contributed by atoms with Crippen molar-refractivity contribution in [3.8, 4) is 0 Å². The molecular formula is C4H9NO2. The van der Waals surface area contributed by atoms with E-state index in [4.69, 9.17) is 15.2 Å². The molecule has 0 aliphatic carbocycles. The molecule has 1 fully saturated rings. The van der Waals surface area contributed by atoms with Crippen LogP contribution in [0.1, 0.15) is 0 Å². The minimum Gasteiger partial charge on any atom is -0.376 e. The Morgan fingerprint density at radius 2 is 2.43 bits per heavy atom. The number of nitrogens with two attached hydrogens (primary N) is 1. The Hall–Kier alpha value is -0.120. The van der Waals surface area contributed by atoms with Crippen molar-refractivity contribution >= 4 is 0 Å². The van der Waals surface area contributed by atoms with Gasteiger partial charge in [-0.3, -0.25) is 0 Å². The van der Waals surface area contributed by atoms with Gasteiger partial charge < -0.3 is 15.2 Å². The quantitative estimate of drug-likeness (QED) is 0.471. The van der Waals surface area contributed by atoms with E-state index in [1.165, 1.54) is 0 Å². The average molecular weight is 103 g/mol. The Kier molecular flexibility index (Phi) is 1.62. The largest absolute Gasteiger partial charge is 0.376 e. The Bertz CT molecular complexity index is 53.7. The van der Waals surface area contributed by atoms with Crippen LogP contribution in [-0.4, -0.2) is 26.0 Å². The first-order chi connectivity index (χ1) is 3.43. The number of ether oxygens (including phenoxy) is 2. The molecule has 2 N–H and O–H groups in total. The van der Waals surface area contributed by atoms with Crippen LogP contribution < -0.4 is 5.73 Å². The molecule has 1 heterocycles. The van der Waals surface area contributed by atoms with Crippen molar-refractivity contribution in [1.82, 2.24) is 0 Å². The van der Waals surface area contributed by atoms with E-state index in [-0.39, 0.29) is 6.10 Å². The number of hydrogen-bond acceptors (Lipinski definition) is 3. The molecule has 0 aromatic heterocycles. The second-order valence-electron chi connectivity index (χ2n) is 1.49. The molecule has 0 aromatic carbocycles. The van der Waals surface area contributed by atoms with Gasteiger partial charge in [0.15, 0.2) is 0 Å². The van der Waals surface area contributed by atoms with Crippen LogP contribution in [0.4, 0.5) is 0 Å². The first kappa shape index (κ1) is 5.03. The summed E-state index contributed by atoms with van der Waals surface area (Å²) in [5, 5.41) is 0. The highest BCUT2D eigenvalue weighted by atomic mass is 16.6. The molecule has 0 spiro atoms. The van der Waals surface area contributed by atoms with Gasteiger partial charge in [-0.2, -0.15) is 0 Å². The van der Waals surface area contributed by atoms with E-state index >= 15 is 0 Å². The fourth-order valence-corrected chi connectivity index (χ4v) is 0.446. The van der Waals surface area contributed by atoms with Gasteiger partial charge in [-0.25, -0.2) is 0 Å². The maximum absolute atomic E-state index is 5.06. The standard InChI is InChI=1S/C4H9NO2/c5-3-7-4-1-6-2-4/h4H,1-3,5H2. The molecule has 0 radical (unpaired) electrons. The summed E-state index contributed by atoms with van der Waals surface area (Å²) in [6.45, 7) is 1.75. The van der Waals surface area contributed by atoms with Crippen molar-refractivity contribution in [3.63, 3.8) is 0 Å². The Labute approximate surface area is 42.4 Å². The lowest BCUT2D eigenvalue weighted by atomic mass is 10.3. The molecule has 3 heteroatoms. The molecule has 0 atom stereocenters. The SMILES string of the molecule is NCOC1COC1. The zero-order valence-electron chi connectivity index (χ0n) is 4.09. The van der Waals surface area contributed by atoms with Crippen LogP contribution in [0.3, 0.4) is 0 Å². The van der Waals surface area contributed by atoms with Crippen molar-refractivity contribution < 1.29 is 9.47 Å². The van der Waals surface area contributed by atoms with Gasteiger partial charge >= 0.3 is 0 Å². The molecule has 0 unspecified atom stereocenters. The Balaban J connectivity index is 1.93. The molecule has 42 valence electrons. The van der Waals surface area contributed by atoms with Crippen molar-refractivity contribution in [3.05, 3.63) is 0 Å². The van der Waals surface area contributed by atoms with E-state index < -0.39 is 0 Å². The molecule has 1 aliphatic heterocycles. The third-order valence-electron chi connectivity index (χ3n) is 0.939. The molecule has 7 heavy (non-hydrogen) atoms. The van der Waals surface area contributed by atoms with Crippen molar-refractivity contribution in [2.24, 2.45) is 5.73 Å². The van der Waals surface area contributed by atoms with Gasteiger partial charge in [0.2, 0.25) is 0 Å². The maximum atomic E-state index is 5.06. The van der Waals surface area contributed by atoms with Gasteiger partial charge in [0, 0.05) is 0 Å². The fourth-order valence-electron chi connectivity index (χ4n) is 0.446. The van der Waals surface area contributed by atoms with Crippen LogP contribution in [0.15, 0.2) is 0 Å². The first-order valence-corrected chi connectivity index (χ1v) is 2.33. The summed E-state index contributed by atoms with van der Waals surface area (Å²) in [5.74, 6) is 0. The van der Waals surface area contributed by atoms with Crippen molar-refractivity contribution in [2.75, 3.05) is 19.9 Å². The van der Waals surface area contributed by atoms with Crippen molar-refractivity contribution in [1.29, 1.82) is 0 Å². The molecule has 0 bridgehead atoms. The van der Waals surface area contributed by atoms with Crippen LogP contribution in [-0.2, 0) is 9.47 Å². The highest BCUT2D eigenvalue weighted by molar-refractivity contribution is 4.62. The lowest BCUT2D eigenvalue weighted by Crippen LogP contribution is -2.37. The second-order valence-corrected chi connectivity index (χ2v) is 1.49. The summed E-state index contributed by atoms with van der Waals surface area (Å²) in [6.07, 6.45) is 0.282. The van der Waals surface area contributed by atoms with Crippen molar-refractivity contribution in [2.45, 2.75) is 6.10 Å². The second kappa shape index (κ2) is 2.26. The third kappa shape index (κ3) is 1.12. The van der Waals surface area contributed by atoms with E-state index in [1.807, 2.05) is 0 Å². The molecule has 0 saturated carbocycles. The Morgan fingerprint density at radius 1 is 1.71 bits per heavy atom. The lowest BCUT2D eigenvalue weighted by molar-refractivity contribution is -0.128. The van der Waals surface area contributed by atoms with E-state index in [1.54, 1.807) is 0 Å². The van der Waals surface area contributed by atoms with E-state index in [0.717, 1.165) is 13.2 Å². The van der Waals surface area contributed by atoms with E-state index in [0.29, 0.717) is 6.73 Å². The van der Waals surface area contributed by atoms with Gasteiger partial charge in [-0.05, 0) is 0 Å². The van der Waals surface area contributed by atoms with Gasteiger partial charge in [0.1, 0.15) is 6.10 Å². The van der Waals surface area contributed by atoms with Crippen LogP contribution in [0.2, 0.25) is 0 Å². The van der Waals surface area contributed by atoms with Crippen LogP contribution >= 0.6 is 0 Å². The molecule has 0 amide bonds. The molecule has 1 saturated heterocycles. The van der Waals surface area contributed by atoms with Crippen LogP contribution in [0.5, 0.6) is 0 Å². The minimum absolute atomic E-state index is 0.282. The summed E-state index contributed by atoms with van der Waals surface area (Å²) < 4.78 is 9.74. The predicted molar refractivity (Wildman–Crippen MR) is 24.7 cm³/mol. The van der Waals surface area contributed by atoms with Crippen LogP contribution in [0.25, 0.3) is 0 Å². The number of hydrogen-bond donors (Lipinski definition) is 1. The summed E-state index contributed by atoms with van der Waals surface area (Å²) in [7, 11) is 0. The molecule has 3 nitrogen and oxygen atoms in total. The summed E-state index contributed by atoms with van der Waals surface area (Å²) in [4.78, 5) is 0. The zero-order valence-corrected chi connectivity index (χ0v) is 4.09. The summed E-state index contributed by atoms with van der Waals surface area (Å²) in [5.41, 5.74) is 5.06. The predicted octanol–water partition coefficient (Wildman–Crippen LogP) is -0.682. The molecule has 0 aromatic rings. The van der Waals surface area contributed by atoms with Gasteiger partial charge in [-0.1, -0.05) is 0 Å². The average Bonchev–Trinajstić information content (AvgIpc) is 1.55. The topological polar surface area (TPSA) is 44.5 Å². The van der Waals surface area contributed by atoms with E-state index in [2.05, 4.69) is 0 Å². The monoisotopic (exact) mass is 103 g/mol. The van der Waals surface area contributed by atoms with Crippen LogP contribution in [0, 0.1) is 0 Å². The maximum Gasteiger partial charge on any atom is 0.106 e. The summed E-state index contributed by atoms with van der Waals surface area (Å²) in [6, 6.07) is 0. The zero-order chi connectivity index (χ0) is 5.11. The molecular weight excluding hydrogens is 94.0 g/mol. The first-order valence-electron chi connectivity index (χ1n) is 2.33. The summed E-state index contributed by atoms with van der Waals surface area (Å²) >= 11 is 0. The van der Waals surface area contributed by atoms with Gasteiger partial charge in [-0.15, -0.1) is 0 Å². The molecule has 1 rings (SSSR count). The Morgan fingerprint density at radius 3 is 2.57 bits per heavy atom. The normalized spacial score (nSPS) is 21.9. The highest BCUT2D eigenvalue weighted by Gasteiger charge is 2.17.